The number of pyridine rings is 1. The molecule has 2 aromatic carbocycles. The van der Waals surface area contributed by atoms with E-state index in [-0.39, 0.29) is 0 Å². The fourth-order valence-electron chi connectivity index (χ4n) is 3.97. The van der Waals surface area contributed by atoms with Crippen molar-refractivity contribution in [2.75, 3.05) is 44.8 Å². The SMILES string of the molecule is Cc1ccc(-c2cccc(C(F)(F)F)c2)cc1N/C=C(\C=N)c1cncc(OCCN2CCOCC2)c1. The summed E-state index contributed by atoms with van der Waals surface area (Å²) in [4.78, 5) is 6.53. The van der Waals surface area contributed by atoms with E-state index in [0.29, 0.717) is 34.6 Å². The molecule has 2 N–H and O–H groups in total. The molecule has 0 amide bonds. The topological polar surface area (TPSA) is 70.5 Å². The lowest BCUT2D eigenvalue weighted by Gasteiger charge is -2.26. The van der Waals surface area contributed by atoms with Gasteiger partial charge in [-0.15, -0.1) is 0 Å². The number of alkyl halides is 3. The van der Waals surface area contributed by atoms with E-state index < -0.39 is 11.7 Å². The first-order valence-corrected chi connectivity index (χ1v) is 12.0. The molecule has 9 heteroatoms. The van der Waals surface area contributed by atoms with Crippen LogP contribution in [-0.2, 0) is 10.9 Å². The Bertz CT molecular complexity index is 1250. The van der Waals surface area contributed by atoms with Gasteiger partial charge in [-0.3, -0.25) is 9.88 Å². The zero-order chi connectivity index (χ0) is 26.3. The number of anilines is 1. The van der Waals surface area contributed by atoms with Gasteiger partial charge >= 0.3 is 6.18 Å². The summed E-state index contributed by atoms with van der Waals surface area (Å²) in [7, 11) is 0. The largest absolute Gasteiger partial charge is 0.491 e. The summed E-state index contributed by atoms with van der Waals surface area (Å²) in [5.41, 5.74) is 3.36. The molecule has 4 rings (SSSR count). The van der Waals surface area contributed by atoms with Gasteiger partial charge in [-0.25, -0.2) is 0 Å². The summed E-state index contributed by atoms with van der Waals surface area (Å²) in [6.45, 7) is 6.48. The second kappa shape index (κ2) is 12.0. The molecule has 0 aliphatic carbocycles. The second-order valence-electron chi connectivity index (χ2n) is 8.71. The average molecular weight is 511 g/mol. The lowest BCUT2D eigenvalue weighted by atomic mass is 10.0. The van der Waals surface area contributed by atoms with Crippen molar-refractivity contribution in [1.82, 2.24) is 9.88 Å². The van der Waals surface area contributed by atoms with Crippen molar-refractivity contribution in [3.8, 4) is 16.9 Å². The fourth-order valence-corrected chi connectivity index (χ4v) is 3.97. The summed E-state index contributed by atoms with van der Waals surface area (Å²) >= 11 is 0. The highest BCUT2D eigenvalue weighted by Crippen LogP contribution is 2.33. The van der Waals surface area contributed by atoms with E-state index in [1.54, 1.807) is 36.8 Å². The molecule has 37 heavy (non-hydrogen) atoms. The van der Waals surface area contributed by atoms with Crippen molar-refractivity contribution >= 4 is 17.5 Å². The van der Waals surface area contributed by atoms with E-state index in [1.807, 2.05) is 19.1 Å². The van der Waals surface area contributed by atoms with Crippen molar-refractivity contribution in [1.29, 1.82) is 5.41 Å². The van der Waals surface area contributed by atoms with Gasteiger partial charge in [0.2, 0.25) is 0 Å². The minimum atomic E-state index is -4.40. The highest BCUT2D eigenvalue weighted by molar-refractivity contribution is 6.08. The van der Waals surface area contributed by atoms with Crippen LogP contribution in [0.4, 0.5) is 18.9 Å². The summed E-state index contributed by atoms with van der Waals surface area (Å²) in [5.74, 6) is 0.612. The highest BCUT2D eigenvalue weighted by atomic mass is 19.4. The van der Waals surface area contributed by atoms with Crippen LogP contribution in [0.15, 0.2) is 67.1 Å². The molecule has 1 aliphatic rings. The van der Waals surface area contributed by atoms with Crippen LogP contribution in [0.25, 0.3) is 16.7 Å². The molecule has 1 saturated heterocycles. The smallest absolute Gasteiger partial charge is 0.416 e. The summed E-state index contributed by atoms with van der Waals surface area (Å²) in [5, 5.41) is 11.1. The fraction of sp³-hybridized carbons (Fsp3) is 0.286. The number of aryl methyl sites for hydroxylation is 1. The van der Waals surface area contributed by atoms with Gasteiger partial charge in [0.25, 0.3) is 0 Å². The lowest BCUT2D eigenvalue weighted by molar-refractivity contribution is -0.137. The number of rotatable bonds is 9. The molecular weight excluding hydrogens is 481 g/mol. The van der Waals surface area contributed by atoms with E-state index in [1.165, 1.54) is 12.3 Å². The van der Waals surface area contributed by atoms with Crippen molar-refractivity contribution in [3.63, 3.8) is 0 Å². The van der Waals surface area contributed by atoms with Crippen molar-refractivity contribution in [3.05, 3.63) is 83.8 Å². The number of halogens is 3. The normalized spacial score (nSPS) is 14.9. The first kappa shape index (κ1) is 26.4. The minimum Gasteiger partial charge on any atom is -0.491 e. The Labute approximate surface area is 214 Å². The molecule has 1 fully saturated rings. The van der Waals surface area contributed by atoms with E-state index in [4.69, 9.17) is 14.9 Å². The Hall–Kier alpha value is -3.69. The van der Waals surface area contributed by atoms with E-state index in [2.05, 4.69) is 15.2 Å². The van der Waals surface area contributed by atoms with Crippen LogP contribution in [0.2, 0.25) is 0 Å². The number of allylic oxidation sites excluding steroid dienone is 1. The van der Waals surface area contributed by atoms with Gasteiger partial charge in [0, 0.05) is 55.1 Å². The number of hydrogen-bond donors (Lipinski definition) is 2. The van der Waals surface area contributed by atoms with Crippen LogP contribution in [0.5, 0.6) is 5.75 Å². The molecule has 194 valence electrons. The summed E-state index contributed by atoms with van der Waals surface area (Å²) < 4.78 is 50.7. The quantitative estimate of drug-likeness (QED) is 0.352. The van der Waals surface area contributed by atoms with Gasteiger partial charge in [0.1, 0.15) is 12.4 Å². The standard InChI is InChI=1S/C28H29F3N4O2/c1-20-5-6-22(21-3-2-4-25(13-21)28(29,30)31)15-27(20)34-18-24(16-32)23-14-26(19-33-17-23)37-12-9-35-7-10-36-11-8-35/h2-6,13-19,32,34H,7-12H2,1H3/b24-18+,32-16?. The Morgan fingerprint density at radius 1 is 1.11 bits per heavy atom. The molecule has 0 spiro atoms. The molecule has 3 aromatic rings. The number of morpholine rings is 1. The number of nitrogens with one attached hydrogen (secondary N) is 2. The zero-order valence-corrected chi connectivity index (χ0v) is 20.5. The predicted octanol–water partition coefficient (Wildman–Crippen LogP) is 5.89. The minimum absolute atomic E-state index is 0.472. The maximum Gasteiger partial charge on any atom is 0.416 e. The maximum atomic E-state index is 13.2. The lowest BCUT2D eigenvalue weighted by Crippen LogP contribution is -2.38. The average Bonchev–Trinajstić information content (AvgIpc) is 2.90. The molecule has 1 aliphatic heterocycles. The molecule has 6 nitrogen and oxygen atoms in total. The molecule has 0 saturated carbocycles. The van der Waals surface area contributed by atoms with Crippen molar-refractivity contribution in [2.24, 2.45) is 0 Å². The third kappa shape index (κ3) is 7.18. The van der Waals surface area contributed by atoms with Gasteiger partial charge in [-0.05, 0) is 47.9 Å². The number of ether oxygens (including phenoxy) is 2. The predicted molar refractivity (Wildman–Crippen MR) is 139 cm³/mol. The number of aromatic nitrogens is 1. The Morgan fingerprint density at radius 2 is 1.89 bits per heavy atom. The number of benzene rings is 2. The first-order chi connectivity index (χ1) is 17.8. The number of nitrogens with zero attached hydrogens (tertiary/aromatic N) is 2. The Morgan fingerprint density at radius 3 is 2.65 bits per heavy atom. The molecule has 0 bridgehead atoms. The van der Waals surface area contributed by atoms with E-state index in [9.17, 15) is 13.2 Å². The van der Waals surface area contributed by atoms with Crippen LogP contribution >= 0.6 is 0 Å². The third-order valence-electron chi connectivity index (χ3n) is 6.13. The van der Waals surface area contributed by atoms with Crippen LogP contribution in [0, 0.1) is 12.3 Å². The zero-order valence-electron chi connectivity index (χ0n) is 20.5. The van der Waals surface area contributed by atoms with Gasteiger partial charge in [0.05, 0.1) is 25.0 Å². The monoisotopic (exact) mass is 510 g/mol. The molecular formula is C28H29F3N4O2. The Balaban J connectivity index is 1.47. The summed E-state index contributed by atoms with van der Waals surface area (Å²) in [6, 6.07) is 12.5. The third-order valence-corrected chi connectivity index (χ3v) is 6.13. The van der Waals surface area contributed by atoms with Gasteiger partial charge in [0.15, 0.2) is 0 Å². The van der Waals surface area contributed by atoms with Crippen LogP contribution < -0.4 is 10.1 Å². The Kier molecular flexibility index (Phi) is 8.58. The molecule has 1 aromatic heterocycles. The molecule has 0 atom stereocenters. The van der Waals surface area contributed by atoms with Gasteiger partial charge in [-0.2, -0.15) is 13.2 Å². The van der Waals surface area contributed by atoms with Gasteiger partial charge < -0.3 is 20.2 Å². The maximum absolute atomic E-state index is 13.2. The van der Waals surface area contributed by atoms with Gasteiger partial charge in [-0.1, -0.05) is 24.3 Å². The van der Waals surface area contributed by atoms with Crippen LogP contribution in [0.1, 0.15) is 16.7 Å². The first-order valence-electron chi connectivity index (χ1n) is 12.0. The second-order valence-corrected chi connectivity index (χ2v) is 8.71. The van der Waals surface area contributed by atoms with Crippen LogP contribution in [-0.4, -0.2) is 55.6 Å². The van der Waals surface area contributed by atoms with E-state index >= 15 is 0 Å². The highest BCUT2D eigenvalue weighted by Gasteiger charge is 2.30. The molecule has 0 unspecified atom stereocenters. The van der Waals surface area contributed by atoms with Crippen LogP contribution in [0.3, 0.4) is 0 Å². The molecule has 2 heterocycles. The van der Waals surface area contributed by atoms with Crippen molar-refractivity contribution < 1.29 is 22.6 Å². The van der Waals surface area contributed by atoms with E-state index in [0.717, 1.165) is 56.2 Å². The molecule has 0 radical (unpaired) electrons. The summed E-state index contributed by atoms with van der Waals surface area (Å²) in [6.07, 6.45) is 1.78. The number of hydrogen-bond acceptors (Lipinski definition) is 6. The van der Waals surface area contributed by atoms with Crippen molar-refractivity contribution in [2.45, 2.75) is 13.1 Å².